The predicted molar refractivity (Wildman–Crippen MR) is 114 cm³/mol. The van der Waals surface area contributed by atoms with Crippen LogP contribution in [0.5, 0.6) is 5.75 Å². The Morgan fingerprint density at radius 1 is 0.931 bits per heavy atom. The zero-order chi connectivity index (χ0) is 20.1. The molecule has 0 amide bonds. The third kappa shape index (κ3) is 4.55. The van der Waals surface area contributed by atoms with E-state index in [0.717, 1.165) is 12.0 Å². The number of cyclic esters (lactones) is 1. The summed E-state index contributed by atoms with van der Waals surface area (Å²) in [6.07, 6.45) is 2.46. The van der Waals surface area contributed by atoms with Crippen molar-refractivity contribution in [1.82, 2.24) is 0 Å². The second kappa shape index (κ2) is 8.76. The fraction of sp³-hybridized carbons (Fsp3) is 0.0833. The Hall–Kier alpha value is -3.37. The summed E-state index contributed by atoms with van der Waals surface area (Å²) >= 11 is 6.18. The van der Waals surface area contributed by atoms with Crippen LogP contribution in [0.15, 0.2) is 89.6 Å². The Balaban J connectivity index is 1.53. The van der Waals surface area contributed by atoms with Crippen LogP contribution in [0.25, 0.3) is 6.08 Å². The Kier molecular flexibility index (Phi) is 5.73. The lowest BCUT2D eigenvalue weighted by Gasteiger charge is -2.09. The van der Waals surface area contributed by atoms with Crippen LogP contribution in [0, 0.1) is 0 Å². The number of halogens is 1. The van der Waals surface area contributed by atoms with Crippen LogP contribution < -0.4 is 4.74 Å². The number of aliphatic imine (C=N–C) groups is 1. The highest BCUT2D eigenvalue weighted by atomic mass is 35.5. The van der Waals surface area contributed by atoms with Gasteiger partial charge in [-0.2, -0.15) is 0 Å². The van der Waals surface area contributed by atoms with Crippen LogP contribution in [-0.4, -0.2) is 18.5 Å². The number of nitrogens with zero attached hydrogens (tertiary/aromatic N) is 1. The number of hydrogen-bond acceptors (Lipinski definition) is 4. The molecule has 29 heavy (non-hydrogen) atoms. The van der Waals surface area contributed by atoms with Crippen molar-refractivity contribution in [3.8, 4) is 5.75 Å². The normalized spacial score (nSPS) is 14.6. The van der Waals surface area contributed by atoms with E-state index in [0.29, 0.717) is 22.9 Å². The molecule has 144 valence electrons. The molecule has 1 aliphatic heterocycles. The highest BCUT2D eigenvalue weighted by molar-refractivity contribution is 6.34. The molecule has 1 heterocycles. The van der Waals surface area contributed by atoms with Gasteiger partial charge in [-0.25, -0.2) is 9.79 Å². The highest BCUT2D eigenvalue weighted by Crippen LogP contribution is 2.26. The van der Waals surface area contributed by atoms with Gasteiger partial charge in [0.15, 0.2) is 5.70 Å². The average molecular weight is 404 g/mol. The van der Waals surface area contributed by atoms with E-state index in [1.165, 1.54) is 5.56 Å². The molecule has 5 heteroatoms. The van der Waals surface area contributed by atoms with Crippen molar-refractivity contribution in [2.75, 3.05) is 6.61 Å². The smallest absolute Gasteiger partial charge is 0.363 e. The Morgan fingerprint density at radius 3 is 2.48 bits per heavy atom. The first kappa shape index (κ1) is 19.0. The van der Waals surface area contributed by atoms with E-state index in [1.807, 2.05) is 54.6 Å². The van der Waals surface area contributed by atoms with Crippen LogP contribution in [0.1, 0.15) is 16.7 Å². The van der Waals surface area contributed by atoms with Crippen molar-refractivity contribution in [3.05, 3.63) is 106 Å². The van der Waals surface area contributed by atoms with Crippen LogP contribution in [-0.2, 0) is 16.0 Å². The average Bonchev–Trinajstić information content (AvgIpc) is 3.10. The lowest BCUT2D eigenvalue weighted by Crippen LogP contribution is -2.06. The number of esters is 1. The zero-order valence-electron chi connectivity index (χ0n) is 15.5. The van der Waals surface area contributed by atoms with Gasteiger partial charge in [0.2, 0.25) is 5.90 Å². The van der Waals surface area contributed by atoms with Crippen LogP contribution in [0.4, 0.5) is 0 Å². The number of para-hydroxylation sites is 1. The van der Waals surface area contributed by atoms with E-state index in [-0.39, 0.29) is 11.6 Å². The second-order valence-corrected chi connectivity index (χ2v) is 6.84. The molecule has 0 spiro atoms. The summed E-state index contributed by atoms with van der Waals surface area (Å²) in [7, 11) is 0. The van der Waals surface area contributed by atoms with E-state index in [2.05, 4.69) is 17.1 Å². The Morgan fingerprint density at radius 2 is 1.66 bits per heavy atom. The second-order valence-electron chi connectivity index (χ2n) is 6.44. The van der Waals surface area contributed by atoms with Gasteiger partial charge >= 0.3 is 5.97 Å². The van der Waals surface area contributed by atoms with Gasteiger partial charge in [0, 0.05) is 12.0 Å². The minimum atomic E-state index is -0.515. The molecule has 0 fully saturated rings. The third-order valence-electron chi connectivity index (χ3n) is 4.43. The summed E-state index contributed by atoms with van der Waals surface area (Å²) in [5, 5.41) is 0.477. The van der Waals surface area contributed by atoms with Gasteiger partial charge in [0.25, 0.3) is 0 Å². The van der Waals surface area contributed by atoms with Gasteiger partial charge in [0.05, 0.1) is 17.2 Å². The Labute approximate surface area is 174 Å². The highest BCUT2D eigenvalue weighted by Gasteiger charge is 2.25. The summed E-state index contributed by atoms with van der Waals surface area (Å²) in [4.78, 5) is 16.6. The molecule has 0 radical (unpaired) electrons. The van der Waals surface area contributed by atoms with Crippen molar-refractivity contribution >= 4 is 29.5 Å². The summed E-state index contributed by atoms with van der Waals surface area (Å²) < 4.78 is 11.3. The molecule has 1 aliphatic rings. The van der Waals surface area contributed by atoms with Crippen molar-refractivity contribution in [2.45, 2.75) is 6.42 Å². The zero-order valence-corrected chi connectivity index (χ0v) is 16.3. The maximum absolute atomic E-state index is 12.3. The number of ether oxygens (including phenoxy) is 2. The minimum Gasteiger partial charge on any atom is -0.493 e. The molecule has 4 rings (SSSR count). The van der Waals surface area contributed by atoms with E-state index >= 15 is 0 Å². The molecule has 3 aromatic carbocycles. The largest absolute Gasteiger partial charge is 0.493 e. The summed E-state index contributed by atoms with van der Waals surface area (Å²) in [5.74, 6) is 0.374. The maximum atomic E-state index is 12.3. The summed E-state index contributed by atoms with van der Waals surface area (Å²) in [6.45, 7) is 0.531. The molecule has 0 N–H and O–H groups in total. The van der Waals surface area contributed by atoms with Gasteiger partial charge < -0.3 is 9.47 Å². The SMILES string of the molecule is O=C1OC(c2ccccc2Cl)=N/C1=C\c1ccccc1OCCc1ccccc1. The van der Waals surface area contributed by atoms with Gasteiger partial charge in [-0.05, 0) is 29.8 Å². The quantitative estimate of drug-likeness (QED) is 0.414. The molecule has 0 bridgehead atoms. The fourth-order valence-electron chi connectivity index (χ4n) is 2.96. The first-order valence-electron chi connectivity index (χ1n) is 9.24. The van der Waals surface area contributed by atoms with Crippen LogP contribution in [0.2, 0.25) is 5.02 Å². The number of rotatable bonds is 6. The number of hydrogen-bond donors (Lipinski definition) is 0. The van der Waals surface area contributed by atoms with Gasteiger partial charge in [-0.1, -0.05) is 72.3 Å². The third-order valence-corrected chi connectivity index (χ3v) is 4.76. The predicted octanol–water partition coefficient (Wildman–Crippen LogP) is 5.31. The molecule has 0 atom stereocenters. The fourth-order valence-corrected chi connectivity index (χ4v) is 3.18. The molecular formula is C24H18ClNO3. The van der Waals surface area contributed by atoms with Crippen molar-refractivity contribution in [3.63, 3.8) is 0 Å². The van der Waals surface area contributed by atoms with Gasteiger partial charge in [-0.15, -0.1) is 0 Å². The molecular weight excluding hydrogens is 386 g/mol. The number of carbonyl (C=O) groups excluding carboxylic acids is 1. The van der Waals surface area contributed by atoms with Crippen molar-refractivity contribution in [2.24, 2.45) is 4.99 Å². The molecule has 3 aromatic rings. The van der Waals surface area contributed by atoms with Crippen LogP contribution in [0.3, 0.4) is 0 Å². The van der Waals surface area contributed by atoms with Crippen molar-refractivity contribution < 1.29 is 14.3 Å². The van der Waals surface area contributed by atoms with E-state index in [1.54, 1.807) is 18.2 Å². The lowest BCUT2D eigenvalue weighted by molar-refractivity contribution is -0.129. The molecule has 0 saturated heterocycles. The molecule has 0 aliphatic carbocycles. The molecule has 4 nitrogen and oxygen atoms in total. The lowest BCUT2D eigenvalue weighted by atomic mass is 10.1. The van der Waals surface area contributed by atoms with Crippen molar-refractivity contribution in [1.29, 1.82) is 0 Å². The Bertz CT molecular complexity index is 1090. The van der Waals surface area contributed by atoms with E-state index in [4.69, 9.17) is 21.1 Å². The van der Waals surface area contributed by atoms with Gasteiger partial charge in [-0.3, -0.25) is 0 Å². The molecule has 0 aromatic heterocycles. The monoisotopic (exact) mass is 403 g/mol. The number of carbonyl (C=O) groups is 1. The standard InChI is InChI=1S/C24H18ClNO3/c25-20-12-6-5-11-19(20)23-26-21(24(27)29-23)16-18-10-4-7-13-22(18)28-15-14-17-8-2-1-3-9-17/h1-13,16H,14-15H2/b21-16-. The van der Waals surface area contributed by atoms with Crippen LogP contribution >= 0.6 is 11.6 Å². The number of benzene rings is 3. The molecule has 0 saturated carbocycles. The molecule has 0 unspecified atom stereocenters. The topological polar surface area (TPSA) is 47.9 Å². The summed E-state index contributed by atoms with van der Waals surface area (Å²) in [5.41, 5.74) is 2.76. The van der Waals surface area contributed by atoms with E-state index in [9.17, 15) is 4.79 Å². The van der Waals surface area contributed by atoms with Gasteiger partial charge in [0.1, 0.15) is 5.75 Å². The maximum Gasteiger partial charge on any atom is 0.363 e. The van der Waals surface area contributed by atoms with E-state index < -0.39 is 5.97 Å². The minimum absolute atomic E-state index is 0.203. The first-order valence-corrected chi connectivity index (χ1v) is 9.62. The summed E-state index contributed by atoms with van der Waals surface area (Å²) in [6, 6.07) is 24.8. The first-order chi connectivity index (χ1) is 14.2.